The monoisotopic (exact) mass is 420 g/mol. The van der Waals surface area contributed by atoms with E-state index in [0.29, 0.717) is 0 Å². The van der Waals surface area contributed by atoms with Gasteiger partial charge in [-0.2, -0.15) is 0 Å². The molecule has 0 fully saturated rings. The second-order valence-electron chi connectivity index (χ2n) is 8.64. The van der Waals surface area contributed by atoms with E-state index in [4.69, 9.17) is 0 Å². The first-order chi connectivity index (χ1) is 13.9. The standard InChI is InChI=1S/C26H44S2/c1-2-3-4-5-6-7-8-9-10-11-12-13-14-15-16-17-18-19-20-24-23-28-25-21-22-27-26(24)25/h21-23H,2-20H2,1H3. The largest absolute Gasteiger partial charge is 0.143 e. The number of unbranched alkanes of at least 4 members (excludes halogenated alkanes) is 17. The third kappa shape index (κ3) is 10.4. The second-order valence-corrected chi connectivity index (χ2v) is 10.5. The van der Waals surface area contributed by atoms with Gasteiger partial charge < -0.3 is 0 Å². The number of rotatable bonds is 19. The van der Waals surface area contributed by atoms with Crippen LogP contribution >= 0.6 is 22.7 Å². The van der Waals surface area contributed by atoms with Crippen LogP contribution in [0.3, 0.4) is 0 Å². The molecule has 2 heteroatoms. The molecule has 0 spiro atoms. The molecule has 0 unspecified atom stereocenters. The third-order valence-corrected chi connectivity index (χ3v) is 8.16. The smallest absolute Gasteiger partial charge is 0.0482 e. The highest BCUT2D eigenvalue weighted by atomic mass is 32.1. The van der Waals surface area contributed by atoms with Crippen molar-refractivity contribution < 1.29 is 0 Å². The van der Waals surface area contributed by atoms with Crippen molar-refractivity contribution in [2.75, 3.05) is 0 Å². The van der Waals surface area contributed by atoms with Crippen LogP contribution in [-0.2, 0) is 6.42 Å². The first kappa shape index (κ1) is 23.9. The first-order valence-corrected chi connectivity index (χ1v) is 14.1. The molecule has 0 nitrogen and oxygen atoms in total. The lowest BCUT2D eigenvalue weighted by molar-refractivity contribution is 0.525. The molecule has 0 bridgehead atoms. The van der Waals surface area contributed by atoms with Crippen molar-refractivity contribution in [1.82, 2.24) is 0 Å². The first-order valence-electron chi connectivity index (χ1n) is 12.4. The summed E-state index contributed by atoms with van der Waals surface area (Å²) in [6.45, 7) is 2.30. The number of thiophene rings is 2. The fraction of sp³-hybridized carbons (Fsp3) is 0.769. The van der Waals surface area contributed by atoms with E-state index in [9.17, 15) is 0 Å². The van der Waals surface area contributed by atoms with Gasteiger partial charge in [-0.1, -0.05) is 116 Å². The molecular formula is C26H44S2. The van der Waals surface area contributed by atoms with E-state index in [-0.39, 0.29) is 0 Å². The number of hydrogen-bond donors (Lipinski definition) is 0. The average molecular weight is 421 g/mol. The van der Waals surface area contributed by atoms with E-state index < -0.39 is 0 Å². The fourth-order valence-electron chi connectivity index (χ4n) is 4.20. The molecule has 0 atom stereocenters. The van der Waals surface area contributed by atoms with Gasteiger partial charge in [0.25, 0.3) is 0 Å². The minimum absolute atomic E-state index is 1.29. The lowest BCUT2D eigenvalue weighted by Crippen LogP contribution is -1.85. The van der Waals surface area contributed by atoms with Crippen LogP contribution in [0.5, 0.6) is 0 Å². The molecule has 2 heterocycles. The SMILES string of the molecule is CCCCCCCCCCCCCCCCCCCCc1csc2ccsc12. The third-order valence-electron chi connectivity index (χ3n) is 6.05. The lowest BCUT2D eigenvalue weighted by Gasteiger charge is -2.04. The summed E-state index contributed by atoms with van der Waals surface area (Å²) in [7, 11) is 0. The number of fused-ring (bicyclic) bond motifs is 1. The van der Waals surface area contributed by atoms with E-state index in [2.05, 4.69) is 23.8 Å². The Bertz CT molecular complexity index is 580. The highest BCUT2D eigenvalue weighted by Gasteiger charge is 2.04. The summed E-state index contributed by atoms with van der Waals surface area (Å²) in [5.41, 5.74) is 1.60. The molecule has 0 saturated heterocycles. The van der Waals surface area contributed by atoms with Gasteiger partial charge >= 0.3 is 0 Å². The van der Waals surface area contributed by atoms with Gasteiger partial charge in [-0.25, -0.2) is 0 Å². The van der Waals surface area contributed by atoms with Crippen LogP contribution in [0.1, 0.15) is 128 Å². The number of hydrogen-bond acceptors (Lipinski definition) is 2. The Morgan fingerprint density at radius 1 is 0.571 bits per heavy atom. The summed E-state index contributed by atoms with van der Waals surface area (Å²) >= 11 is 3.84. The van der Waals surface area contributed by atoms with Crippen LogP contribution < -0.4 is 0 Å². The molecule has 160 valence electrons. The molecular weight excluding hydrogens is 376 g/mol. The van der Waals surface area contributed by atoms with Crippen molar-refractivity contribution in [3.63, 3.8) is 0 Å². The summed E-state index contributed by atoms with van der Waals surface area (Å²) in [5, 5.41) is 4.62. The van der Waals surface area contributed by atoms with Crippen molar-refractivity contribution in [2.24, 2.45) is 0 Å². The zero-order valence-electron chi connectivity index (χ0n) is 18.5. The van der Waals surface area contributed by atoms with Crippen LogP contribution in [0.25, 0.3) is 9.40 Å². The van der Waals surface area contributed by atoms with Crippen molar-refractivity contribution in [3.8, 4) is 0 Å². The molecule has 0 aliphatic carbocycles. The van der Waals surface area contributed by atoms with Crippen LogP contribution in [0.15, 0.2) is 16.8 Å². The minimum Gasteiger partial charge on any atom is -0.143 e. The predicted molar refractivity (Wildman–Crippen MR) is 132 cm³/mol. The Morgan fingerprint density at radius 2 is 1.04 bits per heavy atom. The van der Waals surface area contributed by atoms with Gasteiger partial charge in [-0.05, 0) is 35.2 Å². The zero-order valence-corrected chi connectivity index (χ0v) is 20.1. The maximum atomic E-state index is 2.38. The summed E-state index contributed by atoms with van der Waals surface area (Å²) in [5.74, 6) is 0. The van der Waals surface area contributed by atoms with E-state index in [1.165, 1.54) is 127 Å². The lowest BCUT2D eigenvalue weighted by atomic mass is 10.0. The molecule has 0 radical (unpaired) electrons. The highest BCUT2D eigenvalue weighted by molar-refractivity contribution is 7.26. The summed E-state index contributed by atoms with van der Waals surface area (Å²) in [4.78, 5) is 0. The Balaban J connectivity index is 1.27. The summed E-state index contributed by atoms with van der Waals surface area (Å²) < 4.78 is 3.04. The van der Waals surface area contributed by atoms with Crippen molar-refractivity contribution in [3.05, 3.63) is 22.4 Å². The van der Waals surface area contributed by atoms with Crippen molar-refractivity contribution in [1.29, 1.82) is 0 Å². The molecule has 0 aromatic carbocycles. The van der Waals surface area contributed by atoms with Gasteiger partial charge in [0, 0.05) is 9.40 Å². The molecule has 0 aliphatic heterocycles. The van der Waals surface area contributed by atoms with E-state index >= 15 is 0 Å². The Hall–Kier alpha value is -0.340. The predicted octanol–water partition coefficient (Wildman–Crippen LogP) is 10.5. The summed E-state index contributed by atoms with van der Waals surface area (Å²) in [6.07, 6.45) is 27.5. The van der Waals surface area contributed by atoms with Gasteiger partial charge in [0.2, 0.25) is 0 Å². The summed E-state index contributed by atoms with van der Waals surface area (Å²) in [6, 6.07) is 2.27. The topological polar surface area (TPSA) is 0 Å². The molecule has 28 heavy (non-hydrogen) atoms. The highest BCUT2D eigenvalue weighted by Crippen LogP contribution is 2.31. The molecule has 0 amide bonds. The zero-order chi connectivity index (χ0) is 19.7. The Morgan fingerprint density at radius 3 is 1.54 bits per heavy atom. The Labute approximate surface area is 183 Å². The van der Waals surface area contributed by atoms with Crippen LogP contribution in [0.2, 0.25) is 0 Å². The van der Waals surface area contributed by atoms with Crippen LogP contribution in [0.4, 0.5) is 0 Å². The Kier molecular flexibility index (Phi) is 14.1. The quantitative estimate of drug-likeness (QED) is 0.198. The minimum atomic E-state index is 1.29. The van der Waals surface area contributed by atoms with Gasteiger partial charge in [-0.3, -0.25) is 0 Å². The molecule has 2 rings (SSSR count). The maximum Gasteiger partial charge on any atom is 0.0482 e. The maximum absolute atomic E-state index is 2.38. The van der Waals surface area contributed by atoms with Gasteiger partial charge in [0.15, 0.2) is 0 Å². The molecule has 0 saturated carbocycles. The van der Waals surface area contributed by atoms with Crippen molar-refractivity contribution >= 4 is 32.1 Å². The average Bonchev–Trinajstić information content (AvgIpc) is 3.32. The van der Waals surface area contributed by atoms with Gasteiger partial charge in [0.05, 0.1) is 0 Å². The normalized spacial score (nSPS) is 11.6. The second kappa shape index (κ2) is 16.5. The van der Waals surface area contributed by atoms with Gasteiger partial charge in [-0.15, -0.1) is 22.7 Å². The van der Waals surface area contributed by atoms with Gasteiger partial charge in [0.1, 0.15) is 0 Å². The van der Waals surface area contributed by atoms with E-state index in [1.807, 2.05) is 22.7 Å². The molecule has 0 N–H and O–H groups in total. The fourth-order valence-corrected chi connectivity index (χ4v) is 6.38. The molecule has 2 aromatic heterocycles. The molecule has 2 aromatic rings. The van der Waals surface area contributed by atoms with Crippen molar-refractivity contribution in [2.45, 2.75) is 129 Å². The number of aryl methyl sites for hydroxylation is 1. The molecule has 0 aliphatic rings. The van der Waals surface area contributed by atoms with Crippen LogP contribution in [-0.4, -0.2) is 0 Å². The van der Waals surface area contributed by atoms with Crippen LogP contribution in [0, 0.1) is 0 Å². The van der Waals surface area contributed by atoms with E-state index in [0.717, 1.165) is 0 Å². The van der Waals surface area contributed by atoms with E-state index in [1.54, 1.807) is 10.3 Å².